The average Bonchev–Trinajstić information content (AvgIpc) is 3.00. The quantitative estimate of drug-likeness (QED) is 0.289. The molecule has 1 aromatic heterocycles. The Morgan fingerprint density at radius 2 is 1.80 bits per heavy atom. The molecule has 1 amide bonds. The highest BCUT2D eigenvalue weighted by Gasteiger charge is 2.15. The number of nitro groups is 1. The largest absolute Gasteiger partial charge is 0.321 e. The van der Waals surface area contributed by atoms with E-state index in [4.69, 9.17) is 0 Å². The van der Waals surface area contributed by atoms with Crippen molar-refractivity contribution in [2.45, 2.75) is 13.8 Å². The minimum Gasteiger partial charge on any atom is -0.321 e. The number of nitrogens with zero attached hydrogens (tertiary/aromatic N) is 3. The molecule has 0 fully saturated rings. The molecule has 0 saturated heterocycles. The Morgan fingerprint density at radius 3 is 2.37 bits per heavy atom. The predicted molar refractivity (Wildman–Crippen MR) is 111 cm³/mol. The zero-order valence-corrected chi connectivity index (χ0v) is 16.2. The second-order valence-electron chi connectivity index (χ2n) is 6.57. The molecule has 7 nitrogen and oxygen atoms in total. The van der Waals surface area contributed by atoms with E-state index in [1.807, 2.05) is 30.6 Å². The van der Waals surface area contributed by atoms with Gasteiger partial charge < -0.3 is 9.88 Å². The minimum absolute atomic E-state index is 0.00874. The number of nitrogens with one attached hydrogen (secondary N) is 1. The highest BCUT2D eigenvalue weighted by molar-refractivity contribution is 6.09. The van der Waals surface area contributed by atoms with Crippen LogP contribution in [0.25, 0.3) is 11.8 Å². The molecule has 0 radical (unpaired) electrons. The standard InChI is InChI=1S/C22H17FN4O3/c1-14-11-16(15(2)26(14)20-7-9-21(10-8-20)27(29)30)12-17(13-24)22(28)25-19-5-3-18(23)4-6-19/h3-12H,1-2H3,(H,25,28). The number of aromatic nitrogens is 1. The highest BCUT2D eigenvalue weighted by atomic mass is 19.1. The Bertz CT molecular complexity index is 1190. The fourth-order valence-electron chi connectivity index (χ4n) is 3.09. The van der Waals surface area contributed by atoms with E-state index in [0.29, 0.717) is 11.3 Å². The zero-order chi connectivity index (χ0) is 21.8. The highest BCUT2D eigenvalue weighted by Crippen LogP contribution is 2.24. The van der Waals surface area contributed by atoms with Gasteiger partial charge in [0.05, 0.1) is 4.92 Å². The van der Waals surface area contributed by atoms with Crippen LogP contribution in [0.1, 0.15) is 17.0 Å². The van der Waals surface area contributed by atoms with E-state index in [2.05, 4.69) is 5.32 Å². The number of amides is 1. The Hall–Kier alpha value is -4.25. The minimum atomic E-state index is -0.607. The van der Waals surface area contributed by atoms with Crippen molar-refractivity contribution in [3.63, 3.8) is 0 Å². The van der Waals surface area contributed by atoms with E-state index in [-0.39, 0.29) is 11.3 Å². The summed E-state index contributed by atoms with van der Waals surface area (Å²) < 4.78 is 14.9. The summed E-state index contributed by atoms with van der Waals surface area (Å²) in [5, 5.41) is 22.9. The fraction of sp³-hybridized carbons (Fsp3) is 0.0909. The van der Waals surface area contributed by atoms with Crippen LogP contribution in [0.4, 0.5) is 15.8 Å². The Morgan fingerprint density at radius 1 is 1.17 bits per heavy atom. The van der Waals surface area contributed by atoms with Gasteiger partial charge in [-0.2, -0.15) is 5.26 Å². The van der Waals surface area contributed by atoms with Crippen molar-refractivity contribution >= 4 is 23.4 Å². The van der Waals surface area contributed by atoms with Gasteiger partial charge in [0, 0.05) is 34.9 Å². The molecule has 0 aliphatic rings. The predicted octanol–water partition coefficient (Wildman–Crippen LogP) is 4.69. The summed E-state index contributed by atoms with van der Waals surface area (Å²) in [6.07, 6.45) is 1.48. The Kier molecular flexibility index (Phi) is 5.74. The summed E-state index contributed by atoms with van der Waals surface area (Å²) in [5.74, 6) is -1.04. The number of halogens is 1. The number of nitriles is 1. The molecule has 0 aliphatic carbocycles. The number of hydrogen-bond donors (Lipinski definition) is 1. The van der Waals surface area contributed by atoms with E-state index in [0.717, 1.165) is 17.1 Å². The first kappa shape index (κ1) is 20.5. The lowest BCUT2D eigenvalue weighted by atomic mass is 10.1. The summed E-state index contributed by atoms with van der Waals surface area (Å²) in [6.45, 7) is 3.68. The molecule has 0 aliphatic heterocycles. The number of benzene rings is 2. The van der Waals surface area contributed by atoms with Crippen molar-refractivity contribution in [3.8, 4) is 11.8 Å². The van der Waals surface area contributed by atoms with Crippen LogP contribution in [0.2, 0.25) is 0 Å². The molecule has 0 bridgehead atoms. The summed E-state index contributed by atoms with van der Waals surface area (Å²) in [6, 6.07) is 15.0. The summed E-state index contributed by atoms with van der Waals surface area (Å²) in [5.41, 5.74) is 3.25. The maximum absolute atomic E-state index is 13.0. The van der Waals surface area contributed by atoms with Crippen molar-refractivity contribution in [2.75, 3.05) is 5.32 Å². The van der Waals surface area contributed by atoms with Crippen molar-refractivity contribution in [2.24, 2.45) is 0 Å². The van der Waals surface area contributed by atoms with Crippen LogP contribution in [0.5, 0.6) is 0 Å². The fourth-order valence-corrected chi connectivity index (χ4v) is 3.09. The molecular formula is C22H17FN4O3. The lowest BCUT2D eigenvalue weighted by Crippen LogP contribution is -2.13. The first-order chi connectivity index (χ1) is 14.3. The lowest BCUT2D eigenvalue weighted by Gasteiger charge is -2.09. The molecule has 1 N–H and O–H groups in total. The molecule has 0 unspecified atom stereocenters. The third-order valence-corrected chi connectivity index (χ3v) is 4.56. The third kappa shape index (κ3) is 4.25. The summed E-state index contributed by atoms with van der Waals surface area (Å²) in [7, 11) is 0. The van der Waals surface area contributed by atoms with Gasteiger partial charge in [0.15, 0.2) is 0 Å². The van der Waals surface area contributed by atoms with Gasteiger partial charge in [0.1, 0.15) is 17.5 Å². The molecule has 8 heteroatoms. The second kappa shape index (κ2) is 8.41. The van der Waals surface area contributed by atoms with Crippen LogP contribution >= 0.6 is 0 Å². The molecule has 3 aromatic rings. The monoisotopic (exact) mass is 404 g/mol. The number of non-ortho nitro benzene ring substituents is 1. The number of carbonyl (C=O) groups is 1. The SMILES string of the molecule is Cc1cc(C=C(C#N)C(=O)Nc2ccc(F)cc2)c(C)n1-c1ccc([N+](=O)[O-])cc1. The molecule has 150 valence electrons. The van der Waals surface area contributed by atoms with Crippen molar-refractivity contribution in [1.82, 2.24) is 4.57 Å². The Balaban J connectivity index is 1.91. The number of hydrogen-bond acceptors (Lipinski definition) is 4. The van der Waals surface area contributed by atoms with Gasteiger partial charge >= 0.3 is 0 Å². The zero-order valence-electron chi connectivity index (χ0n) is 16.2. The van der Waals surface area contributed by atoms with E-state index < -0.39 is 16.6 Å². The maximum Gasteiger partial charge on any atom is 0.269 e. The van der Waals surface area contributed by atoms with Gasteiger partial charge in [-0.25, -0.2) is 4.39 Å². The van der Waals surface area contributed by atoms with Gasteiger partial charge in [0.25, 0.3) is 11.6 Å². The smallest absolute Gasteiger partial charge is 0.269 e. The molecule has 0 atom stereocenters. The van der Waals surface area contributed by atoms with Crippen LogP contribution in [0.3, 0.4) is 0 Å². The number of rotatable bonds is 5. The average molecular weight is 404 g/mol. The number of carbonyl (C=O) groups excluding carboxylic acids is 1. The second-order valence-corrected chi connectivity index (χ2v) is 6.57. The molecule has 2 aromatic carbocycles. The van der Waals surface area contributed by atoms with Crippen molar-refractivity contribution < 1.29 is 14.1 Å². The molecule has 1 heterocycles. The molecular weight excluding hydrogens is 387 g/mol. The first-order valence-electron chi connectivity index (χ1n) is 8.92. The van der Waals surface area contributed by atoms with Crippen LogP contribution in [-0.4, -0.2) is 15.4 Å². The van der Waals surface area contributed by atoms with E-state index in [9.17, 15) is 24.6 Å². The molecule has 3 rings (SSSR count). The van der Waals surface area contributed by atoms with E-state index >= 15 is 0 Å². The maximum atomic E-state index is 13.0. The summed E-state index contributed by atoms with van der Waals surface area (Å²) >= 11 is 0. The number of anilines is 1. The van der Waals surface area contributed by atoms with Crippen LogP contribution in [0.15, 0.2) is 60.2 Å². The normalized spacial score (nSPS) is 11.1. The van der Waals surface area contributed by atoms with Gasteiger partial charge in [0.2, 0.25) is 0 Å². The molecule has 30 heavy (non-hydrogen) atoms. The van der Waals surface area contributed by atoms with Gasteiger partial charge in [-0.05, 0) is 68.0 Å². The first-order valence-corrected chi connectivity index (χ1v) is 8.92. The number of nitro benzene ring substituents is 1. The van der Waals surface area contributed by atoms with Gasteiger partial charge in [-0.15, -0.1) is 0 Å². The van der Waals surface area contributed by atoms with E-state index in [1.165, 1.54) is 42.5 Å². The number of aryl methyl sites for hydroxylation is 1. The van der Waals surface area contributed by atoms with Gasteiger partial charge in [-0.3, -0.25) is 14.9 Å². The van der Waals surface area contributed by atoms with Crippen molar-refractivity contribution in [3.05, 3.63) is 93.1 Å². The van der Waals surface area contributed by atoms with Crippen LogP contribution in [0, 0.1) is 41.1 Å². The van der Waals surface area contributed by atoms with E-state index in [1.54, 1.807) is 12.1 Å². The lowest BCUT2D eigenvalue weighted by molar-refractivity contribution is -0.384. The van der Waals surface area contributed by atoms with Crippen LogP contribution < -0.4 is 5.32 Å². The van der Waals surface area contributed by atoms with Crippen LogP contribution in [-0.2, 0) is 4.79 Å². The van der Waals surface area contributed by atoms with Gasteiger partial charge in [-0.1, -0.05) is 0 Å². The molecule has 0 spiro atoms. The Labute approximate surface area is 171 Å². The third-order valence-electron chi connectivity index (χ3n) is 4.56. The topological polar surface area (TPSA) is 101 Å². The molecule has 0 saturated carbocycles. The summed E-state index contributed by atoms with van der Waals surface area (Å²) in [4.78, 5) is 22.8. The van der Waals surface area contributed by atoms with Crippen molar-refractivity contribution in [1.29, 1.82) is 5.26 Å².